The van der Waals surface area contributed by atoms with Gasteiger partial charge in [-0.05, 0) is 62.1 Å². The van der Waals surface area contributed by atoms with E-state index in [2.05, 4.69) is 16.4 Å². The Labute approximate surface area is 172 Å². The van der Waals surface area contributed by atoms with E-state index in [0.717, 1.165) is 17.7 Å². The fourth-order valence-corrected chi connectivity index (χ4v) is 3.99. The number of carbonyl (C=O) groups is 2. The Kier molecular flexibility index (Phi) is 6.55. The number of amides is 1. The number of carbonyl (C=O) groups excluding carboxylic acids is 2. The van der Waals surface area contributed by atoms with Gasteiger partial charge in [-0.15, -0.1) is 0 Å². The lowest BCUT2D eigenvalue weighted by Crippen LogP contribution is -2.46. The van der Waals surface area contributed by atoms with Crippen LogP contribution in [0.3, 0.4) is 0 Å². The standard InChI is InChI=1S/C20H18ClN3O3S/c21-14-5-7-15(8-6-14)28-18-16(4-3-11-23-18)19(26)27-12-17(25)24-20(13-22)9-1-2-10-20/h3-8,11H,1-2,9-10,12H2,(H,24,25). The number of aromatic nitrogens is 1. The predicted octanol–water partition coefficient (Wildman–Crippen LogP) is 4.00. The molecule has 1 amide bonds. The number of benzene rings is 1. The Morgan fingerprint density at radius 3 is 2.64 bits per heavy atom. The molecule has 1 N–H and O–H groups in total. The monoisotopic (exact) mass is 415 g/mol. The fourth-order valence-electron chi connectivity index (χ4n) is 3.00. The number of nitriles is 1. The molecule has 0 saturated heterocycles. The Hall–Kier alpha value is -2.56. The van der Waals surface area contributed by atoms with Gasteiger partial charge >= 0.3 is 5.97 Å². The maximum Gasteiger partial charge on any atom is 0.341 e. The van der Waals surface area contributed by atoms with E-state index < -0.39 is 24.0 Å². The van der Waals surface area contributed by atoms with Crippen molar-refractivity contribution in [2.45, 2.75) is 41.1 Å². The molecular formula is C20H18ClN3O3S. The summed E-state index contributed by atoms with van der Waals surface area (Å²) in [5, 5.41) is 13.1. The Morgan fingerprint density at radius 1 is 1.25 bits per heavy atom. The average Bonchev–Trinajstić information content (AvgIpc) is 3.17. The minimum Gasteiger partial charge on any atom is -0.452 e. The smallest absolute Gasteiger partial charge is 0.341 e. The third-order valence-electron chi connectivity index (χ3n) is 4.40. The summed E-state index contributed by atoms with van der Waals surface area (Å²) in [4.78, 5) is 29.7. The molecule has 6 nitrogen and oxygen atoms in total. The molecule has 28 heavy (non-hydrogen) atoms. The van der Waals surface area contributed by atoms with Crippen LogP contribution in [0, 0.1) is 11.3 Å². The van der Waals surface area contributed by atoms with Gasteiger partial charge in [0.2, 0.25) is 0 Å². The lowest BCUT2D eigenvalue weighted by molar-refractivity contribution is -0.125. The van der Waals surface area contributed by atoms with Gasteiger partial charge in [-0.3, -0.25) is 4.79 Å². The molecule has 1 aliphatic carbocycles. The first-order chi connectivity index (χ1) is 13.5. The van der Waals surface area contributed by atoms with Crippen LogP contribution in [0.4, 0.5) is 0 Å². The van der Waals surface area contributed by atoms with Crippen LogP contribution in [0.15, 0.2) is 52.5 Å². The van der Waals surface area contributed by atoms with Gasteiger partial charge in [0.1, 0.15) is 10.6 Å². The van der Waals surface area contributed by atoms with Crippen LogP contribution in [0.2, 0.25) is 5.02 Å². The highest BCUT2D eigenvalue weighted by Gasteiger charge is 2.35. The van der Waals surface area contributed by atoms with Gasteiger partial charge in [-0.25, -0.2) is 9.78 Å². The van der Waals surface area contributed by atoms with E-state index in [1.165, 1.54) is 11.8 Å². The zero-order chi connectivity index (χ0) is 20.0. The molecule has 0 spiro atoms. The molecule has 1 saturated carbocycles. The first kappa shape index (κ1) is 20.2. The van der Waals surface area contributed by atoms with Crippen molar-refractivity contribution in [2.75, 3.05) is 6.61 Å². The molecule has 0 unspecified atom stereocenters. The zero-order valence-corrected chi connectivity index (χ0v) is 16.6. The largest absolute Gasteiger partial charge is 0.452 e. The lowest BCUT2D eigenvalue weighted by Gasteiger charge is -2.21. The Bertz CT molecular complexity index is 906. The third-order valence-corrected chi connectivity index (χ3v) is 5.68. The van der Waals surface area contributed by atoms with Crippen molar-refractivity contribution in [3.05, 3.63) is 53.2 Å². The number of esters is 1. The van der Waals surface area contributed by atoms with Crippen molar-refractivity contribution in [3.8, 4) is 6.07 Å². The van der Waals surface area contributed by atoms with Gasteiger partial charge in [-0.1, -0.05) is 23.4 Å². The number of nitrogens with one attached hydrogen (secondary N) is 1. The second-order valence-electron chi connectivity index (χ2n) is 6.44. The number of halogens is 1. The van der Waals surface area contributed by atoms with Crippen molar-refractivity contribution >= 4 is 35.2 Å². The number of rotatable bonds is 6. The SMILES string of the molecule is N#CC1(NC(=O)COC(=O)c2cccnc2Sc2ccc(Cl)cc2)CCCC1. The van der Waals surface area contributed by atoms with E-state index in [1.807, 2.05) is 12.1 Å². The molecule has 1 fully saturated rings. The Balaban J connectivity index is 1.62. The minimum absolute atomic E-state index is 0.270. The number of hydrogen-bond donors (Lipinski definition) is 1. The molecule has 3 rings (SSSR count). The number of nitrogens with zero attached hydrogens (tertiary/aromatic N) is 2. The third kappa shape index (κ3) is 5.03. The summed E-state index contributed by atoms with van der Waals surface area (Å²) in [7, 11) is 0. The van der Waals surface area contributed by atoms with E-state index in [0.29, 0.717) is 22.9 Å². The molecule has 2 aromatic rings. The van der Waals surface area contributed by atoms with Crippen LogP contribution in [0.1, 0.15) is 36.0 Å². The molecule has 1 aliphatic rings. The average molecular weight is 416 g/mol. The molecule has 1 heterocycles. The maximum absolute atomic E-state index is 12.5. The zero-order valence-electron chi connectivity index (χ0n) is 15.0. The van der Waals surface area contributed by atoms with Crippen molar-refractivity contribution in [1.29, 1.82) is 5.26 Å². The molecule has 8 heteroatoms. The number of hydrogen-bond acceptors (Lipinski definition) is 6. The molecule has 1 aromatic carbocycles. The molecule has 144 valence electrons. The van der Waals surface area contributed by atoms with Gasteiger partial charge in [0.15, 0.2) is 6.61 Å². The van der Waals surface area contributed by atoms with Crippen LogP contribution in [0.25, 0.3) is 0 Å². The second kappa shape index (κ2) is 9.09. The van der Waals surface area contributed by atoms with Gasteiger partial charge in [-0.2, -0.15) is 5.26 Å². The summed E-state index contributed by atoms with van der Waals surface area (Å²) >= 11 is 7.19. The summed E-state index contributed by atoms with van der Waals surface area (Å²) < 4.78 is 5.15. The summed E-state index contributed by atoms with van der Waals surface area (Å²) in [6, 6.07) is 12.6. The highest BCUT2D eigenvalue weighted by atomic mass is 35.5. The highest BCUT2D eigenvalue weighted by Crippen LogP contribution is 2.30. The predicted molar refractivity (Wildman–Crippen MR) is 105 cm³/mol. The van der Waals surface area contributed by atoms with Gasteiger partial charge in [0.25, 0.3) is 5.91 Å². The van der Waals surface area contributed by atoms with E-state index >= 15 is 0 Å². The summed E-state index contributed by atoms with van der Waals surface area (Å²) in [5.41, 5.74) is -0.570. The first-order valence-corrected chi connectivity index (χ1v) is 9.99. The van der Waals surface area contributed by atoms with Crippen LogP contribution >= 0.6 is 23.4 Å². The van der Waals surface area contributed by atoms with E-state index in [1.54, 1.807) is 30.5 Å². The maximum atomic E-state index is 12.5. The van der Waals surface area contributed by atoms with Crippen LogP contribution < -0.4 is 5.32 Å². The van der Waals surface area contributed by atoms with Crippen molar-refractivity contribution in [1.82, 2.24) is 10.3 Å². The topological polar surface area (TPSA) is 92.1 Å². The molecule has 0 radical (unpaired) electrons. The van der Waals surface area contributed by atoms with Crippen molar-refractivity contribution in [2.24, 2.45) is 0 Å². The van der Waals surface area contributed by atoms with Crippen LogP contribution in [-0.4, -0.2) is 29.0 Å². The molecule has 1 aromatic heterocycles. The number of pyridine rings is 1. The summed E-state index contributed by atoms with van der Waals surface area (Å²) in [5.74, 6) is -1.12. The lowest BCUT2D eigenvalue weighted by atomic mass is 10.00. The normalized spacial score (nSPS) is 14.9. The van der Waals surface area contributed by atoms with Gasteiger partial charge in [0.05, 0.1) is 11.6 Å². The number of ether oxygens (including phenoxy) is 1. The second-order valence-corrected chi connectivity index (χ2v) is 7.94. The summed E-state index contributed by atoms with van der Waals surface area (Å²) in [6.07, 6.45) is 4.61. The van der Waals surface area contributed by atoms with E-state index in [-0.39, 0.29) is 5.56 Å². The quantitative estimate of drug-likeness (QED) is 0.717. The minimum atomic E-state index is -0.840. The first-order valence-electron chi connectivity index (χ1n) is 8.79. The molecule has 0 atom stereocenters. The highest BCUT2D eigenvalue weighted by molar-refractivity contribution is 7.99. The fraction of sp³-hybridized carbons (Fsp3) is 0.300. The van der Waals surface area contributed by atoms with Crippen molar-refractivity contribution in [3.63, 3.8) is 0 Å². The molecule has 0 aliphatic heterocycles. The summed E-state index contributed by atoms with van der Waals surface area (Å²) in [6.45, 7) is -0.442. The molecule has 0 bridgehead atoms. The van der Waals surface area contributed by atoms with Gasteiger partial charge < -0.3 is 10.1 Å². The van der Waals surface area contributed by atoms with Crippen LogP contribution in [0.5, 0.6) is 0 Å². The van der Waals surface area contributed by atoms with E-state index in [9.17, 15) is 14.9 Å². The molecular weight excluding hydrogens is 398 g/mol. The van der Waals surface area contributed by atoms with Crippen LogP contribution in [-0.2, 0) is 9.53 Å². The van der Waals surface area contributed by atoms with Gasteiger partial charge in [0, 0.05) is 16.1 Å². The van der Waals surface area contributed by atoms with E-state index in [4.69, 9.17) is 16.3 Å². The van der Waals surface area contributed by atoms with Crippen molar-refractivity contribution < 1.29 is 14.3 Å². The Morgan fingerprint density at radius 2 is 1.96 bits per heavy atom.